The molecule has 0 radical (unpaired) electrons. The van der Waals surface area contributed by atoms with Crippen LogP contribution in [0, 0.1) is 11.8 Å². The van der Waals surface area contributed by atoms with E-state index >= 15 is 0 Å². The SMILES string of the molecule is CC(CCC1OC(=O)C(C)C1=O)CO[Si](c1ccccc1)(c1ccccc1)C(C)(C)C. The first-order valence-electron chi connectivity index (χ1n) is 11.2. The Morgan fingerprint density at radius 3 is 1.90 bits per heavy atom. The fraction of sp³-hybridized carbons (Fsp3) is 0.462. The molecule has 0 aromatic heterocycles. The van der Waals surface area contributed by atoms with E-state index in [4.69, 9.17) is 9.16 Å². The summed E-state index contributed by atoms with van der Waals surface area (Å²) in [5.74, 6) is -0.881. The van der Waals surface area contributed by atoms with Crippen molar-refractivity contribution in [3.05, 3.63) is 60.7 Å². The van der Waals surface area contributed by atoms with Gasteiger partial charge in [0.05, 0.1) is 0 Å². The predicted molar refractivity (Wildman–Crippen MR) is 126 cm³/mol. The topological polar surface area (TPSA) is 52.6 Å². The number of carbonyl (C=O) groups is 2. The van der Waals surface area contributed by atoms with Gasteiger partial charge in [0.25, 0.3) is 8.32 Å². The number of carbonyl (C=O) groups excluding carboxylic acids is 2. The predicted octanol–water partition coefficient (Wildman–Crippen LogP) is 4.11. The Bertz CT molecular complexity index is 849. The third-order valence-corrected chi connectivity index (χ3v) is 11.3. The first kappa shape index (κ1) is 23.4. The number of benzene rings is 2. The fourth-order valence-corrected chi connectivity index (χ4v) is 9.13. The average Bonchev–Trinajstić information content (AvgIpc) is 3.00. The molecule has 1 heterocycles. The van der Waals surface area contributed by atoms with Gasteiger partial charge in [0.1, 0.15) is 5.92 Å². The molecule has 0 aliphatic carbocycles. The Morgan fingerprint density at radius 1 is 0.968 bits per heavy atom. The summed E-state index contributed by atoms with van der Waals surface area (Å²) in [7, 11) is -2.56. The number of hydrogen-bond donors (Lipinski definition) is 0. The molecule has 2 aromatic carbocycles. The third kappa shape index (κ3) is 4.83. The van der Waals surface area contributed by atoms with Crippen LogP contribution >= 0.6 is 0 Å². The van der Waals surface area contributed by atoms with Crippen LogP contribution in [0.2, 0.25) is 5.04 Å². The lowest BCUT2D eigenvalue weighted by Gasteiger charge is -2.43. The van der Waals surface area contributed by atoms with E-state index in [1.54, 1.807) is 6.92 Å². The third-order valence-electron chi connectivity index (χ3n) is 6.28. The van der Waals surface area contributed by atoms with Crippen molar-refractivity contribution in [2.75, 3.05) is 6.61 Å². The minimum absolute atomic E-state index is 0.0677. The van der Waals surface area contributed by atoms with Crippen LogP contribution in [0.5, 0.6) is 0 Å². The monoisotopic (exact) mass is 438 g/mol. The molecular weight excluding hydrogens is 404 g/mol. The Labute approximate surface area is 187 Å². The summed E-state index contributed by atoms with van der Waals surface area (Å²) in [6.07, 6.45) is 0.729. The zero-order valence-corrected chi connectivity index (χ0v) is 20.3. The average molecular weight is 439 g/mol. The molecule has 1 fully saturated rings. The van der Waals surface area contributed by atoms with Gasteiger partial charge in [0.15, 0.2) is 11.9 Å². The zero-order valence-electron chi connectivity index (χ0n) is 19.3. The Morgan fingerprint density at radius 2 is 1.48 bits per heavy atom. The van der Waals surface area contributed by atoms with Gasteiger partial charge < -0.3 is 9.16 Å². The van der Waals surface area contributed by atoms with Crippen molar-refractivity contribution >= 4 is 30.4 Å². The maximum absolute atomic E-state index is 12.2. The van der Waals surface area contributed by atoms with Crippen LogP contribution in [-0.2, 0) is 18.8 Å². The molecule has 0 bridgehead atoms. The summed E-state index contributed by atoms with van der Waals surface area (Å²) >= 11 is 0. The van der Waals surface area contributed by atoms with Crippen molar-refractivity contribution < 1.29 is 18.8 Å². The summed E-state index contributed by atoms with van der Waals surface area (Å²) in [4.78, 5) is 23.8. The van der Waals surface area contributed by atoms with Crippen molar-refractivity contribution in [3.8, 4) is 0 Å². The van der Waals surface area contributed by atoms with E-state index in [0.717, 1.165) is 6.42 Å². The smallest absolute Gasteiger partial charge is 0.317 e. The molecule has 166 valence electrons. The molecule has 1 aliphatic heterocycles. The molecule has 1 aliphatic rings. The van der Waals surface area contributed by atoms with E-state index in [1.165, 1.54) is 10.4 Å². The van der Waals surface area contributed by atoms with Gasteiger partial charge in [-0.05, 0) is 41.1 Å². The molecule has 0 saturated carbocycles. The molecule has 2 aromatic rings. The molecule has 4 nitrogen and oxygen atoms in total. The highest BCUT2D eigenvalue weighted by atomic mass is 28.4. The van der Waals surface area contributed by atoms with Crippen LogP contribution < -0.4 is 10.4 Å². The van der Waals surface area contributed by atoms with Gasteiger partial charge >= 0.3 is 5.97 Å². The number of rotatable bonds is 8. The van der Waals surface area contributed by atoms with Crippen LogP contribution in [-0.4, -0.2) is 32.8 Å². The summed E-state index contributed by atoms with van der Waals surface area (Å²) < 4.78 is 12.2. The van der Waals surface area contributed by atoms with Crippen molar-refractivity contribution in [2.45, 2.75) is 58.6 Å². The highest BCUT2D eigenvalue weighted by molar-refractivity contribution is 6.99. The molecule has 5 heteroatoms. The van der Waals surface area contributed by atoms with Gasteiger partial charge in [-0.25, -0.2) is 0 Å². The highest BCUT2D eigenvalue weighted by Crippen LogP contribution is 2.37. The van der Waals surface area contributed by atoms with Gasteiger partial charge in [-0.3, -0.25) is 9.59 Å². The fourth-order valence-electron chi connectivity index (χ4n) is 4.44. The quantitative estimate of drug-likeness (QED) is 0.354. The lowest BCUT2D eigenvalue weighted by atomic mass is 9.98. The van der Waals surface area contributed by atoms with Crippen molar-refractivity contribution in [1.82, 2.24) is 0 Å². The van der Waals surface area contributed by atoms with Gasteiger partial charge in [0, 0.05) is 6.61 Å². The normalized spacial score (nSPS) is 20.5. The summed E-state index contributed by atoms with van der Waals surface area (Å²) in [6, 6.07) is 21.2. The number of cyclic esters (lactones) is 1. The lowest BCUT2D eigenvalue weighted by molar-refractivity contribution is -0.144. The second-order valence-corrected chi connectivity index (χ2v) is 14.0. The molecule has 1 saturated heterocycles. The minimum atomic E-state index is -2.56. The van der Waals surface area contributed by atoms with E-state index in [9.17, 15) is 9.59 Å². The minimum Gasteiger partial charge on any atom is -0.454 e. The van der Waals surface area contributed by atoms with E-state index in [0.29, 0.717) is 13.0 Å². The van der Waals surface area contributed by atoms with Gasteiger partial charge in [0.2, 0.25) is 0 Å². The number of ether oxygens (including phenoxy) is 1. The van der Waals surface area contributed by atoms with E-state index in [-0.39, 0.29) is 16.7 Å². The first-order valence-corrected chi connectivity index (χ1v) is 13.1. The molecule has 0 spiro atoms. The summed E-state index contributed by atoms with van der Waals surface area (Å²) in [5, 5.41) is 2.45. The standard InChI is InChI=1S/C26H34O4Si/c1-19(16-17-23-24(27)20(2)25(28)30-23)18-29-31(26(3,4)5,21-12-8-6-9-13-21)22-14-10-7-11-15-22/h6-15,19-20,23H,16-18H2,1-5H3. The van der Waals surface area contributed by atoms with Crippen LogP contribution in [0.25, 0.3) is 0 Å². The van der Waals surface area contributed by atoms with Gasteiger partial charge in [-0.2, -0.15) is 0 Å². The van der Waals surface area contributed by atoms with Crippen molar-refractivity contribution in [2.24, 2.45) is 11.8 Å². The molecule has 0 amide bonds. The number of ketones is 1. The van der Waals surface area contributed by atoms with Crippen LogP contribution in [0.1, 0.15) is 47.5 Å². The number of esters is 1. The molecule has 3 atom stereocenters. The van der Waals surface area contributed by atoms with E-state index in [2.05, 4.69) is 76.2 Å². The molecular formula is C26H34O4Si. The van der Waals surface area contributed by atoms with E-state index in [1.807, 2.05) is 12.1 Å². The first-order chi connectivity index (χ1) is 14.7. The summed E-state index contributed by atoms with van der Waals surface area (Å²) in [6.45, 7) is 11.2. The molecule has 31 heavy (non-hydrogen) atoms. The van der Waals surface area contributed by atoms with Crippen LogP contribution in [0.3, 0.4) is 0 Å². The molecule has 0 N–H and O–H groups in total. The zero-order chi connectivity index (χ0) is 22.6. The largest absolute Gasteiger partial charge is 0.454 e. The van der Waals surface area contributed by atoms with Gasteiger partial charge in [-0.1, -0.05) is 88.4 Å². The maximum atomic E-state index is 12.2. The number of hydrogen-bond acceptors (Lipinski definition) is 4. The van der Waals surface area contributed by atoms with Crippen molar-refractivity contribution in [3.63, 3.8) is 0 Å². The second-order valence-electron chi connectivity index (χ2n) is 9.71. The van der Waals surface area contributed by atoms with Crippen LogP contribution in [0.15, 0.2) is 60.7 Å². The Balaban J connectivity index is 1.80. The van der Waals surface area contributed by atoms with Crippen molar-refractivity contribution in [1.29, 1.82) is 0 Å². The van der Waals surface area contributed by atoms with E-state index < -0.39 is 26.3 Å². The molecule has 3 rings (SSSR count). The maximum Gasteiger partial charge on any atom is 0.317 e. The second kappa shape index (κ2) is 9.49. The Kier molecular flexibility index (Phi) is 7.17. The van der Waals surface area contributed by atoms with Crippen LogP contribution in [0.4, 0.5) is 0 Å². The lowest BCUT2D eigenvalue weighted by Crippen LogP contribution is -2.66. The Hall–Kier alpha value is -2.24. The summed E-state index contributed by atoms with van der Waals surface area (Å²) in [5.41, 5.74) is 0. The number of Topliss-reactive ketones (excluding diaryl/α,β-unsaturated/α-hetero) is 1. The van der Waals surface area contributed by atoms with Gasteiger partial charge in [-0.15, -0.1) is 0 Å². The highest BCUT2D eigenvalue weighted by Gasteiger charge is 2.50. The molecule has 3 unspecified atom stereocenters.